The Morgan fingerprint density at radius 1 is 1.00 bits per heavy atom. The number of carbonyl (C=O) groups is 2. The third-order valence-electron chi connectivity index (χ3n) is 11.9. The highest BCUT2D eigenvalue weighted by atomic mass is 16.7. The normalized spacial score (nSPS) is 56.0. The van der Waals surface area contributed by atoms with Gasteiger partial charge in [-0.15, -0.1) is 0 Å². The van der Waals surface area contributed by atoms with Crippen molar-refractivity contribution in [3.05, 3.63) is 11.6 Å². The summed E-state index contributed by atoms with van der Waals surface area (Å²) in [7, 11) is 0. The fraction of sp³-hybridized carbons (Fsp3) is 0.862. The van der Waals surface area contributed by atoms with Crippen LogP contribution >= 0.6 is 0 Å². The van der Waals surface area contributed by atoms with Gasteiger partial charge in [0, 0.05) is 23.8 Å². The summed E-state index contributed by atoms with van der Waals surface area (Å²) in [5.74, 6) is -1.61. The molecule has 0 radical (unpaired) electrons. The van der Waals surface area contributed by atoms with Gasteiger partial charge in [-0.1, -0.05) is 6.92 Å². The third-order valence-corrected chi connectivity index (χ3v) is 11.9. The average molecular weight is 567 g/mol. The highest BCUT2D eigenvalue weighted by molar-refractivity contribution is 5.85. The van der Waals surface area contributed by atoms with Gasteiger partial charge in [-0.25, -0.2) is 4.79 Å². The van der Waals surface area contributed by atoms with Crippen molar-refractivity contribution in [3.63, 3.8) is 0 Å². The van der Waals surface area contributed by atoms with Crippen LogP contribution in [0.5, 0.6) is 0 Å². The second kappa shape index (κ2) is 9.54. The molecule has 6 aliphatic rings. The summed E-state index contributed by atoms with van der Waals surface area (Å²) < 4.78 is 16.8. The quantitative estimate of drug-likeness (QED) is 0.149. The molecule has 0 unspecified atom stereocenters. The Labute approximate surface area is 233 Å². The molecule has 11 nitrogen and oxygen atoms in total. The van der Waals surface area contributed by atoms with Crippen LogP contribution in [0, 0.1) is 28.6 Å². The van der Waals surface area contributed by atoms with E-state index < -0.39 is 82.8 Å². The van der Waals surface area contributed by atoms with E-state index >= 15 is 0 Å². The maximum atomic E-state index is 13.0. The number of cyclic esters (lactones) is 1. The van der Waals surface area contributed by atoms with Crippen molar-refractivity contribution in [2.45, 2.75) is 119 Å². The zero-order chi connectivity index (χ0) is 28.8. The van der Waals surface area contributed by atoms with E-state index in [1.165, 1.54) is 6.08 Å². The molecule has 6 N–H and O–H groups in total. The third kappa shape index (κ3) is 3.78. The first-order valence-corrected chi connectivity index (χ1v) is 14.6. The molecule has 0 spiro atoms. The maximum Gasteiger partial charge on any atom is 0.331 e. The van der Waals surface area contributed by atoms with Crippen LogP contribution in [0.3, 0.4) is 0 Å². The number of aliphatic hydroxyl groups is 6. The molecule has 6 rings (SSSR count). The lowest BCUT2D eigenvalue weighted by molar-refractivity contribution is -0.320. The van der Waals surface area contributed by atoms with Crippen molar-refractivity contribution in [3.8, 4) is 0 Å². The fourth-order valence-electron chi connectivity index (χ4n) is 9.82. The van der Waals surface area contributed by atoms with E-state index in [1.807, 2.05) is 6.92 Å². The molecule has 14 atom stereocenters. The molecule has 4 aliphatic carbocycles. The smallest absolute Gasteiger partial charge is 0.331 e. The average Bonchev–Trinajstić information content (AvgIpc) is 3.45. The molecule has 0 bridgehead atoms. The Bertz CT molecular complexity index is 1080. The van der Waals surface area contributed by atoms with Gasteiger partial charge in [0.05, 0.1) is 34.9 Å². The Morgan fingerprint density at radius 3 is 2.42 bits per heavy atom. The minimum atomic E-state index is -1.51. The van der Waals surface area contributed by atoms with Crippen molar-refractivity contribution < 1.29 is 54.4 Å². The highest BCUT2D eigenvalue weighted by Gasteiger charge is 2.73. The Balaban J connectivity index is 1.25. The topological polar surface area (TPSA) is 183 Å². The molecule has 2 aliphatic heterocycles. The van der Waals surface area contributed by atoms with Gasteiger partial charge in [0.25, 0.3) is 0 Å². The van der Waals surface area contributed by atoms with Gasteiger partial charge < -0.3 is 49.6 Å². The molecule has 0 aromatic heterocycles. The Hall–Kier alpha value is -1.44. The van der Waals surface area contributed by atoms with E-state index in [4.69, 9.17) is 14.2 Å². The van der Waals surface area contributed by atoms with Crippen LogP contribution in [0.15, 0.2) is 11.6 Å². The first kappa shape index (κ1) is 28.7. The number of carbonyl (C=O) groups excluding carboxylic acids is 2. The van der Waals surface area contributed by atoms with Gasteiger partial charge in [-0.3, -0.25) is 0 Å². The van der Waals surface area contributed by atoms with Crippen molar-refractivity contribution in [1.82, 2.24) is 0 Å². The molecule has 1 saturated heterocycles. The number of esters is 1. The minimum Gasteiger partial charge on any atom is -0.458 e. The van der Waals surface area contributed by atoms with Crippen LogP contribution in [-0.4, -0.2) is 104 Å². The summed E-state index contributed by atoms with van der Waals surface area (Å²) in [5, 5.41) is 66.7. The van der Waals surface area contributed by atoms with Crippen LogP contribution in [0.2, 0.25) is 0 Å². The van der Waals surface area contributed by atoms with E-state index in [0.29, 0.717) is 25.7 Å². The summed E-state index contributed by atoms with van der Waals surface area (Å²) in [6, 6.07) is 0. The first-order valence-electron chi connectivity index (χ1n) is 14.6. The lowest BCUT2D eigenvalue weighted by Gasteiger charge is -2.66. The van der Waals surface area contributed by atoms with Crippen molar-refractivity contribution in [2.24, 2.45) is 28.6 Å². The molecule has 40 heavy (non-hydrogen) atoms. The van der Waals surface area contributed by atoms with Crippen LogP contribution in [0.1, 0.15) is 65.2 Å². The number of aliphatic hydroxyl groups excluding tert-OH is 4. The Kier molecular flexibility index (Phi) is 6.83. The molecule has 0 amide bonds. The van der Waals surface area contributed by atoms with E-state index in [-0.39, 0.29) is 38.2 Å². The summed E-state index contributed by atoms with van der Waals surface area (Å²) in [5.41, 5.74) is -3.89. The summed E-state index contributed by atoms with van der Waals surface area (Å²) in [4.78, 5) is 24.8. The van der Waals surface area contributed by atoms with E-state index in [0.717, 1.165) is 11.9 Å². The number of rotatable bonds is 4. The van der Waals surface area contributed by atoms with E-state index in [9.17, 15) is 40.2 Å². The van der Waals surface area contributed by atoms with Crippen LogP contribution in [-0.2, 0) is 23.8 Å². The zero-order valence-electron chi connectivity index (χ0n) is 23.0. The predicted molar refractivity (Wildman–Crippen MR) is 136 cm³/mol. The molecular formula is C29H42O11. The van der Waals surface area contributed by atoms with Gasteiger partial charge in [-0.05, 0) is 69.3 Å². The minimum absolute atomic E-state index is 0.0615. The maximum absolute atomic E-state index is 13.0. The van der Waals surface area contributed by atoms with Gasteiger partial charge in [0.1, 0.15) is 31.2 Å². The summed E-state index contributed by atoms with van der Waals surface area (Å²) >= 11 is 0. The number of fused-ring (bicyclic) bond motifs is 5. The monoisotopic (exact) mass is 566 g/mol. The lowest BCUT2D eigenvalue weighted by atomic mass is 9.41. The van der Waals surface area contributed by atoms with Crippen molar-refractivity contribution in [1.29, 1.82) is 0 Å². The first-order chi connectivity index (χ1) is 18.8. The van der Waals surface area contributed by atoms with Gasteiger partial charge in [-0.2, -0.15) is 0 Å². The molecule has 0 aromatic rings. The molecule has 2 heterocycles. The van der Waals surface area contributed by atoms with Gasteiger partial charge in [0.2, 0.25) is 0 Å². The standard InChI is InChI=1S/C29H42O11/c1-14-22(33)23(34)24(35)25(39-14)40-16-3-6-27(13-30)21-18(4-7-28(27,36)10-16)29(37)8-5-17(15-9-20(32)38-12-15)26(29,2)11-19(21)31/h9,13-14,16-19,21-25,31,33-37H,3-8,10-12H2,1-2H3/t14-,16+,17-,18-,19+,21+,22-,23-,24+,25+,26+,27-,28-,29+/m0/s1. The second-order valence-corrected chi connectivity index (χ2v) is 13.6. The SMILES string of the molecule is C[C@@H]1O[C@H](O[C@@H]2CC[C@]3(C=O)[C@H]4[C@H](O)C[C@]5(C)[C@H](C6=CC(=O)OC6)CC[C@@]5(O)[C@H]4CC[C@]3(O)C2)[C@H](O)[C@@H](O)[C@H]1O. The van der Waals surface area contributed by atoms with Crippen molar-refractivity contribution >= 4 is 12.3 Å². The number of aldehydes is 1. The molecule has 4 saturated carbocycles. The number of hydrogen-bond donors (Lipinski definition) is 6. The molecular weight excluding hydrogens is 524 g/mol. The van der Waals surface area contributed by atoms with Crippen LogP contribution < -0.4 is 0 Å². The number of ether oxygens (including phenoxy) is 3. The van der Waals surface area contributed by atoms with Crippen LogP contribution in [0.25, 0.3) is 0 Å². The lowest BCUT2D eigenvalue weighted by Crippen LogP contribution is -2.72. The Morgan fingerprint density at radius 2 is 1.75 bits per heavy atom. The van der Waals surface area contributed by atoms with E-state index in [2.05, 4.69) is 0 Å². The molecule has 0 aromatic carbocycles. The fourth-order valence-corrected chi connectivity index (χ4v) is 9.82. The molecule has 224 valence electrons. The van der Waals surface area contributed by atoms with Gasteiger partial charge >= 0.3 is 5.97 Å². The van der Waals surface area contributed by atoms with Gasteiger partial charge in [0.15, 0.2) is 6.29 Å². The zero-order valence-corrected chi connectivity index (χ0v) is 23.0. The summed E-state index contributed by atoms with van der Waals surface area (Å²) in [6.07, 6.45) is -2.87. The second-order valence-electron chi connectivity index (χ2n) is 13.6. The van der Waals surface area contributed by atoms with E-state index in [1.54, 1.807) is 6.92 Å². The largest absolute Gasteiger partial charge is 0.458 e. The highest BCUT2D eigenvalue weighted by Crippen LogP contribution is 2.70. The number of hydrogen-bond acceptors (Lipinski definition) is 11. The van der Waals surface area contributed by atoms with Crippen LogP contribution in [0.4, 0.5) is 0 Å². The summed E-state index contributed by atoms with van der Waals surface area (Å²) in [6.45, 7) is 3.72. The van der Waals surface area contributed by atoms with Crippen molar-refractivity contribution in [2.75, 3.05) is 6.61 Å². The predicted octanol–water partition coefficient (Wildman–Crippen LogP) is -0.279. The molecule has 11 heteroatoms. The molecule has 5 fully saturated rings.